The Bertz CT molecular complexity index is 1930. The number of hydrogen-bond acceptors (Lipinski definition) is 5. The van der Waals surface area contributed by atoms with E-state index in [0.717, 1.165) is 26.6 Å². The lowest BCUT2D eigenvalue weighted by molar-refractivity contribution is -0.140. The van der Waals surface area contributed by atoms with Crippen molar-refractivity contribution in [2.24, 2.45) is 0 Å². The van der Waals surface area contributed by atoms with Crippen LogP contribution in [-0.2, 0) is 32.6 Å². The van der Waals surface area contributed by atoms with E-state index in [9.17, 15) is 18.0 Å². The van der Waals surface area contributed by atoms with Crippen molar-refractivity contribution in [3.05, 3.63) is 156 Å². The first-order valence-corrected chi connectivity index (χ1v) is 17.7. The van der Waals surface area contributed by atoms with Crippen LogP contribution in [-0.4, -0.2) is 44.3 Å². The van der Waals surface area contributed by atoms with Crippen LogP contribution < -0.4 is 14.4 Å². The fraction of sp³-hybridized carbons (Fsp3) is 0.200. The van der Waals surface area contributed by atoms with Gasteiger partial charge in [-0.1, -0.05) is 96.1 Å². The Hall–Kier alpha value is -5.41. The average molecular weight is 676 g/mol. The number of nitrogens with zero attached hydrogens (tertiary/aromatic N) is 2. The number of carbonyl (C=O) groups excluding carboxylic acids is 2. The summed E-state index contributed by atoms with van der Waals surface area (Å²) in [6, 6.07) is 38.6. The summed E-state index contributed by atoms with van der Waals surface area (Å²) in [5.74, 6) is 0.306. The molecule has 9 heteroatoms. The molecule has 0 aliphatic carbocycles. The number of hydrogen-bond donors (Lipinski definition) is 1. The molecule has 0 fully saturated rings. The summed E-state index contributed by atoms with van der Waals surface area (Å²) in [5.41, 5.74) is 3.93. The van der Waals surface area contributed by atoms with Gasteiger partial charge in [-0.25, -0.2) is 8.42 Å². The van der Waals surface area contributed by atoms with Crippen LogP contribution in [0.3, 0.4) is 0 Å². The van der Waals surface area contributed by atoms with Gasteiger partial charge in [-0.3, -0.25) is 13.9 Å². The molecule has 0 saturated carbocycles. The molecule has 1 atom stereocenters. The second-order valence-corrected chi connectivity index (χ2v) is 13.7. The molecule has 0 aromatic heterocycles. The Labute approximate surface area is 289 Å². The lowest BCUT2D eigenvalue weighted by Gasteiger charge is -2.34. The van der Waals surface area contributed by atoms with Crippen LogP contribution >= 0.6 is 0 Å². The van der Waals surface area contributed by atoms with E-state index in [1.807, 2.05) is 106 Å². The van der Waals surface area contributed by atoms with Crippen LogP contribution in [0.4, 0.5) is 5.69 Å². The van der Waals surface area contributed by atoms with E-state index >= 15 is 0 Å². The molecule has 0 bridgehead atoms. The maximum Gasteiger partial charge on any atom is 0.264 e. The molecule has 0 aliphatic rings. The van der Waals surface area contributed by atoms with Gasteiger partial charge in [0.2, 0.25) is 11.8 Å². The second kappa shape index (κ2) is 16.1. The standard InChI is InChI=1S/C40H41N3O5S/c1-4-41-40(45)38(27-32-11-7-5-8-12-32)42(28-33-19-15-30(2)16-20-33)39(44)29-43(49(46,47)37-25-17-31(3)18-26-37)34-21-23-36(24-22-34)48-35-13-9-6-10-14-35/h5-26,38H,4,27-29H2,1-3H3,(H,41,45)/t38-/m1/s1. The molecule has 5 aromatic carbocycles. The summed E-state index contributed by atoms with van der Waals surface area (Å²) in [7, 11) is -4.22. The number of nitrogens with one attached hydrogen (secondary N) is 1. The molecule has 0 spiro atoms. The van der Waals surface area contributed by atoms with Gasteiger partial charge in [-0.15, -0.1) is 0 Å². The highest BCUT2D eigenvalue weighted by Crippen LogP contribution is 2.29. The van der Waals surface area contributed by atoms with E-state index in [4.69, 9.17) is 4.74 Å². The molecular weight excluding hydrogens is 635 g/mol. The molecule has 0 aliphatic heterocycles. The highest BCUT2D eigenvalue weighted by atomic mass is 32.2. The number of likely N-dealkylation sites (N-methyl/N-ethyl adjacent to an activating group) is 1. The maximum atomic E-state index is 14.6. The molecule has 1 N–H and O–H groups in total. The fourth-order valence-corrected chi connectivity index (χ4v) is 6.82. The van der Waals surface area contributed by atoms with Crippen molar-refractivity contribution in [3.8, 4) is 11.5 Å². The molecule has 0 radical (unpaired) electrons. The first-order chi connectivity index (χ1) is 23.6. The number of rotatable bonds is 14. The Morgan fingerprint density at radius 1 is 0.694 bits per heavy atom. The monoisotopic (exact) mass is 675 g/mol. The van der Waals surface area contributed by atoms with Crippen LogP contribution in [0.2, 0.25) is 0 Å². The molecule has 2 amide bonds. The summed E-state index contributed by atoms with van der Waals surface area (Å²) >= 11 is 0. The number of amides is 2. The number of carbonyl (C=O) groups is 2. The van der Waals surface area contributed by atoms with Crippen LogP contribution in [0.25, 0.3) is 0 Å². The number of ether oxygens (including phenoxy) is 1. The van der Waals surface area contributed by atoms with Gasteiger partial charge in [0.25, 0.3) is 10.0 Å². The number of sulfonamides is 1. The Kier molecular flexibility index (Phi) is 11.5. The third kappa shape index (κ3) is 9.15. The summed E-state index contributed by atoms with van der Waals surface area (Å²) in [4.78, 5) is 29.8. The second-order valence-electron chi connectivity index (χ2n) is 11.8. The zero-order valence-electron chi connectivity index (χ0n) is 28.0. The predicted octanol–water partition coefficient (Wildman–Crippen LogP) is 7.07. The Balaban J connectivity index is 1.54. The highest BCUT2D eigenvalue weighted by Gasteiger charge is 2.34. The number of para-hydroxylation sites is 1. The van der Waals surface area contributed by atoms with Gasteiger partial charge in [0.1, 0.15) is 24.1 Å². The maximum absolute atomic E-state index is 14.6. The van der Waals surface area contributed by atoms with Crippen LogP contribution in [0.1, 0.15) is 29.2 Å². The third-order valence-electron chi connectivity index (χ3n) is 8.09. The summed E-state index contributed by atoms with van der Waals surface area (Å²) < 4.78 is 35.7. The van der Waals surface area contributed by atoms with Gasteiger partial charge < -0.3 is 15.0 Å². The molecule has 49 heavy (non-hydrogen) atoms. The van der Waals surface area contributed by atoms with Crippen molar-refractivity contribution in [2.75, 3.05) is 17.4 Å². The quantitative estimate of drug-likeness (QED) is 0.136. The normalized spacial score (nSPS) is 11.7. The van der Waals surface area contributed by atoms with Crippen molar-refractivity contribution in [1.29, 1.82) is 0 Å². The lowest BCUT2D eigenvalue weighted by atomic mass is 10.0. The minimum atomic E-state index is -4.22. The van der Waals surface area contributed by atoms with Crippen LogP contribution in [0.15, 0.2) is 138 Å². The minimum Gasteiger partial charge on any atom is -0.457 e. The molecule has 252 valence electrons. The molecule has 5 rings (SSSR count). The van der Waals surface area contributed by atoms with E-state index in [-0.39, 0.29) is 29.5 Å². The number of aryl methyl sites for hydroxylation is 2. The topological polar surface area (TPSA) is 96.0 Å². The van der Waals surface area contributed by atoms with Crippen molar-refractivity contribution in [3.63, 3.8) is 0 Å². The first-order valence-electron chi connectivity index (χ1n) is 16.2. The van der Waals surface area contributed by atoms with E-state index in [0.29, 0.717) is 18.0 Å². The zero-order valence-corrected chi connectivity index (χ0v) is 28.8. The van der Waals surface area contributed by atoms with Gasteiger partial charge in [0, 0.05) is 19.5 Å². The van der Waals surface area contributed by atoms with E-state index in [1.165, 1.54) is 17.0 Å². The van der Waals surface area contributed by atoms with Gasteiger partial charge >= 0.3 is 0 Å². The van der Waals surface area contributed by atoms with E-state index < -0.39 is 28.5 Å². The van der Waals surface area contributed by atoms with Crippen LogP contribution in [0.5, 0.6) is 11.5 Å². The molecule has 0 heterocycles. The van der Waals surface area contributed by atoms with Crippen LogP contribution in [0, 0.1) is 13.8 Å². The smallest absolute Gasteiger partial charge is 0.264 e. The molecule has 8 nitrogen and oxygen atoms in total. The van der Waals surface area contributed by atoms with E-state index in [1.54, 1.807) is 36.4 Å². The summed E-state index contributed by atoms with van der Waals surface area (Å²) in [6.45, 7) is 5.62. The Morgan fingerprint density at radius 2 is 1.24 bits per heavy atom. The third-order valence-corrected chi connectivity index (χ3v) is 9.88. The van der Waals surface area contributed by atoms with Gasteiger partial charge in [-0.05, 0) is 80.4 Å². The molecule has 0 unspecified atom stereocenters. The van der Waals surface area contributed by atoms with Crippen molar-refractivity contribution in [1.82, 2.24) is 10.2 Å². The fourth-order valence-electron chi connectivity index (χ4n) is 5.41. The largest absolute Gasteiger partial charge is 0.457 e. The van der Waals surface area contributed by atoms with Crippen molar-refractivity contribution >= 4 is 27.5 Å². The minimum absolute atomic E-state index is 0.0464. The number of benzene rings is 5. The number of anilines is 1. The lowest BCUT2D eigenvalue weighted by Crippen LogP contribution is -2.53. The highest BCUT2D eigenvalue weighted by molar-refractivity contribution is 7.92. The van der Waals surface area contributed by atoms with Crippen molar-refractivity contribution < 1.29 is 22.7 Å². The van der Waals surface area contributed by atoms with Gasteiger partial charge in [0.15, 0.2) is 0 Å². The predicted molar refractivity (Wildman–Crippen MR) is 193 cm³/mol. The summed E-state index contributed by atoms with van der Waals surface area (Å²) in [6.07, 6.45) is 0.251. The SMILES string of the molecule is CCNC(=O)[C@@H](Cc1ccccc1)N(Cc1ccc(C)cc1)C(=O)CN(c1ccc(Oc2ccccc2)cc1)S(=O)(=O)c1ccc(C)cc1. The average Bonchev–Trinajstić information content (AvgIpc) is 3.11. The zero-order chi connectivity index (χ0) is 34.8. The Morgan fingerprint density at radius 3 is 1.84 bits per heavy atom. The molecule has 0 saturated heterocycles. The van der Waals surface area contributed by atoms with Gasteiger partial charge in [-0.2, -0.15) is 0 Å². The van der Waals surface area contributed by atoms with E-state index in [2.05, 4.69) is 5.32 Å². The molecule has 5 aromatic rings. The first kappa shape index (κ1) is 34.9. The summed E-state index contributed by atoms with van der Waals surface area (Å²) in [5, 5.41) is 2.89. The molecular formula is C40H41N3O5S. The van der Waals surface area contributed by atoms with Gasteiger partial charge in [0.05, 0.1) is 10.6 Å². The van der Waals surface area contributed by atoms with Crippen molar-refractivity contribution in [2.45, 2.75) is 44.7 Å².